The Balaban J connectivity index is 1.77. The van der Waals surface area contributed by atoms with Crippen molar-refractivity contribution in [1.29, 1.82) is 0 Å². The van der Waals surface area contributed by atoms with Crippen molar-refractivity contribution in [2.24, 2.45) is 0 Å². The van der Waals surface area contributed by atoms with Gasteiger partial charge in [-0.1, -0.05) is 18.2 Å². The second-order valence-corrected chi connectivity index (χ2v) is 6.72. The van der Waals surface area contributed by atoms with Gasteiger partial charge in [0.15, 0.2) is 11.6 Å². The molecule has 0 saturated heterocycles. The van der Waals surface area contributed by atoms with Crippen molar-refractivity contribution in [1.82, 2.24) is 0 Å². The Bertz CT molecular complexity index is 962. The quantitative estimate of drug-likeness (QED) is 0.279. The van der Waals surface area contributed by atoms with Crippen LogP contribution in [0.4, 0.5) is 0 Å². The second kappa shape index (κ2) is 12.4. The number of carbonyl (C=O) groups excluding carboxylic acids is 4. The molecule has 0 aromatic heterocycles. The molecule has 2 aromatic carbocycles. The zero-order chi connectivity index (χ0) is 23.5. The number of hydrogen-bond acceptors (Lipinski definition) is 8. The van der Waals surface area contributed by atoms with E-state index in [1.807, 2.05) is 0 Å². The minimum absolute atomic E-state index is 0.0428. The van der Waals surface area contributed by atoms with Crippen LogP contribution in [0.3, 0.4) is 0 Å². The molecule has 0 aliphatic carbocycles. The van der Waals surface area contributed by atoms with E-state index in [1.165, 1.54) is 38.1 Å². The van der Waals surface area contributed by atoms with Crippen molar-refractivity contribution in [3.05, 3.63) is 64.7 Å². The first kappa shape index (κ1) is 24.7. The molecule has 0 saturated carbocycles. The topological polar surface area (TPSA) is 105 Å². The number of rotatable bonds is 12. The molecule has 0 amide bonds. The van der Waals surface area contributed by atoms with Crippen molar-refractivity contribution >= 4 is 23.5 Å². The van der Waals surface area contributed by atoms with Gasteiger partial charge in [0.25, 0.3) is 0 Å². The van der Waals surface area contributed by atoms with Gasteiger partial charge in [0, 0.05) is 11.1 Å². The fourth-order valence-corrected chi connectivity index (χ4v) is 2.67. The second-order valence-electron chi connectivity index (χ2n) is 6.72. The van der Waals surface area contributed by atoms with E-state index in [4.69, 9.17) is 18.9 Å². The standard InChI is InChI=1S/C24H26O8/c1-4-30-24(28)21-10-9-20(17(3)26)15-22(21)31-13-11-29-12-14-32-23(27)19-7-5-18(6-8-19)16(2)25/h5-10,15H,4,11-14H2,1-3H3. The first-order chi connectivity index (χ1) is 15.3. The maximum absolute atomic E-state index is 12.1. The molecule has 2 aromatic rings. The summed E-state index contributed by atoms with van der Waals surface area (Å²) < 4.78 is 21.1. The zero-order valence-corrected chi connectivity index (χ0v) is 18.3. The molecule has 8 nitrogen and oxygen atoms in total. The Kier molecular flexibility index (Phi) is 9.56. The van der Waals surface area contributed by atoms with Gasteiger partial charge in [0.1, 0.15) is 24.5 Å². The molecule has 8 heteroatoms. The van der Waals surface area contributed by atoms with Crippen molar-refractivity contribution in [2.75, 3.05) is 33.0 Å². The Labute approximate surface area is 186 Å². The molecule has 0 bridgehead atoms. The molecule has 0 aliphatic heterocycles. The number of ether oxygens (including phenoxy) is 4. The number of Topliss-reactive ketones (excluding diaryl/α,β-unsaturated/α-hetero) is 2. The summed E-state index contributed by atoms with van der Waals surface area (Å²) in [6.45, 7) is 5.28. The number of hydrogen-bond donors (Lipinski definition) is 0. The van der Waals surface area contributed by atoms with Crippen LogP contribution >= 0.6 is 0 Å². The van der Waals surface area contributed by atoms with Gasteiger partial charge in [-0.15, -0.1) is 0 Å². The molecule has 2 rings (SSSR count). The van der Waals surface area contributed by atoms with Crippen LogP contribution in [0.15, 0.2) is 42.5 Å². The van der Waals surface area contributed by atoms with Gasteiger partial charge in [0.2, 0.25) is 0 Å². The number of carbonyl (C=O) groups is 4. The fourth-order valence-electron chi connectivity index (χ4n) is 2.67. The van der Waals surface area contributed by atoms with E-state index >= 15 is 0 Å². The molecule has 0 radical (unpaired) electrons. The van der Waals surface area contributed by atoms with E-state index in [-0.39, 0.29) is 55.9 Å². The molecule has 0 spiro atoms. The molecule has 0 unspecified atom stereocenters. The highest BCUT2D eigenvalue weighted by atomic mass is 16.6. The predicted molar refractivity (Wildman–Crippen MR) is 115 cm³/mol. The van der Waals surface area contributed by atoms with Crippen LogP contribution in [-0.4, -0.2) is 56.5 Å². The fraction of sp³-hybridized carbons (Fsp3) is 0.333. The normalized spacial score (nSPS) is 10.3. The molecule has 32 heavy (non-hydrogen) atoms. The van der Waals surface area contributed by atoms with Crippen molar-refractivity contribution in [3.8, 4) is 5.75 Å². The number of ketones is 2. The van der Waals surface area contributed by atoms with Crippen LogP contribution in [0.1, 0.15) is 62.2 Å². The van der Waals surface area contributed by atoms with Crippen LogP contribution < -0.4 is 4.74 Å². The van der Waals surface area contributed by atoms with Crippen LogP contribution in [-0.2, 0) is 14.2 Å². The number of benzene rings is 2. The summed E-state index contributed by atoms with van der Waals surface area (Å²) in [5.74, 6) is -1.05. The van der Waals surface area contributed by atoms with Crippen LogP contribution in [0.25, 0.3) is 0 Å². The largest absolute Gasteiger partial charge is 0.490 e. The van der Waals surface area contributed by atoms with E-state index in [0.29, 0.717) is 16.7 Å². The third-order valence-electron chi connectivity index (χ3n) is 4.36. The lowest BCUT2D eigenvalue weighted by Crippen LogP contribution is -2.15. The van der Waals surface area contributed by atoms with Crippen molar-refractivity contribution < 1.29 is 38.1 Å². The smallest absolute Gasteiger partial charge is 0.341 e. The molecule has 0 fully saturated rings. The Morgan fingerprint density at radius 3 is 1.91 bits per heavy atom. The minimum Gasteiger partial charge on any atom is -0.490 e. The van der Waals surface area contributed by atoms with Gasteiger partial charge < -0.3 is 18.9 Å². The SMILES string of the molecule is CCOC(=O)c1ccc(C(C)=O)cc1OCCOCCOC(=O)c1ccc(C(C)=O)cc1. The van der Waals surface area contributed by atoms with E-state index in [2.05, 4.69) is 0 Å². The highest BCUT2D eigenvalue weighted by Gasteiger charge is 2.16. The van der Waals surface area contributed by atoms with Gasteiger partial charge in [-0.25, -0.2) is 9.59 Å². The average Bonchev–Trinajstić information content (AvgIpc) is 2.78. The monoisotopic (exact) mass is 442 g/mol. The molecule has 170 valence electrons. The number of esters is 2. The summed E-state index contributed by atoms with van der Waals surface area (Å²) in [5.41, 5.74) is 1.50. The summed E-state index contributed by atoms with van der Waals surface area (Å²) in [6.07, 6.45) is 0. The molecule has 0 atom stereocenters. The van der Waals surface area contributed by atoms with Gasteiger partial charge in [0.05, 0.1) is 25.4 Å². The predicted octanol–water partition coefficient (Wildman–Crippen LogP) is 3.52. The van der Waals surface area contributed by atoms with E-state index in [0.717, 1.165) is 0 Å². The van der Waals surface area contributed by atoms with E-state index in [1.54, 1.807) is 25.1 Å². The van der Waals surface area contributed by atoms with E-state index in [9.17, 15) is 19.2 Å². The third-order valence-corrected chi connectivity index (χ3v) is 4.36. The summed E-state index contributed by atoms with van der Waals surface area (Å²) in [6, 6.07) is 10.7. The summed E-state index contributed by atoms with van der Waals surface area (Å²) in [5, 5.41) is 0. The summed E-state index contributed by atoms with van der Waals surface area (Å²) >= 11 is 0. The van der Waals surface area contributed by atoms with Gasteiger partial charge in [-0.2, -0.15) is 0 Å². The van der Waals surface area contributed by atoms with Gasteiger partial charge in [-0.05, 0) is 45.0 Å². The maximum Gasteiger partial charge on any atom is 0.341 e. The average molecular weight is 442 g/mol. The molecular weight excluding hydrogens is 416 g/mol. The Morgan fingerprint density at radius 1 is 0.688 bits per heavy atom. The van der Waals surface area contributed by atoms with Crippen LogP contribution in [0.5, 0.6) is 5.75 Å². The highest BCUT2D eigenvalue weighted by Crippen LogP contribution is 2.22. The lowest BCUT2D eigenvalue weighted by Gasteiger charge is -2.12. The summed E-state index contributed by atoms with van der Waals surface area (Å²) in [4.78, 5) is 46.9. The lowest BCUT2D eigenvalue weighted by atomic mass is 10.1. The third kappa shape index (κ3) is 7.31. The lowest BCUT2D eigenvalue weighted by molar-refractivity contribution is 0.0271. The first-order valence-electron chi connectivity index (χ1n) is 10.1. The Morgan fingerprint density at radius 2 is 1.28 bits per heavy atom. The first-order valence-corrected chi connectivity index (χ1v) is 10.1. The minimum atomic E-state index is -0.540. The van der Waals surface area contributed by atoms with E-state index < -0.39 is 11.9 Å². The Hall–Kier alpha value is -3.52. The zero-order valence-electron chi connectivity index (χ0n) is 18.3. The summed E-state index contributed by atoms with van der Waals surface area (Å²) in [7, 11) is 0. The maximum atomic E-state index is 12.1. The molecule has 0 aliphatic rings. The van der Waals surface area contributed by atoms with Crippen LogP contribution in [0, 0.1) is 0 Å². The van der Waals surface area contributed by atoms with Gasteiger partial charge in [-0.3, -0.25) is 9.59 Å². The van der Waals surface area contributed by atoms with Gasteiger partial charge >= 0.3 is 11.9 Å². The molecular formula is C24H26O8. The van der Waals surface area contributed by atoms with Crippen molar-refractivity contribution in [3.63, 3.8) is 0 Å². The molecule has 0 N–H and O–H groups in total. The molecule has 0 heterocycles. The van der Waals surface area contributed by atoms with Crippen LogP contribution in [0.2, 0.25) is 0 Å². The highest BCUT2D eigenvalue weighted by molar-refractivity contribution is 5.98. The van der Waals surface area contributed by atoms with Crippen molar-refractivity contribution in [2.45, 2.75) is 20.8 Å².